The minimum atomic E-state index is -0.0520. The maximum absolute atomic E-state index is 8.87. The van der Waals surface area contributed by atoms with Crippen LogP contribution in [0.25, 0.3) is 0 Å². The summed E-state index contributed by atoms with van der Waals surface area (Å²) >= 11 is 0. The molecule has 2 nitrogen and oxygen atoms in total. The van der Waals surface area contributed by atoms with Crippen LogP contribution < -0.4 is 0 Å². The van der Waals surface area contributed by atoms with Gasteiger partial charge in [0.15, 0.2) is 0 Å². The van der Waals surface area contributed by atoms with Gasteiger partial charge in [-0.1, -0.05) is 92.6 Å². The van der Waals surface area contributed by atoms with Gasteiger partial charge in [-0.3, -0.25) is 0 Å². The number of aliphatic hydroxyl groups is 1. The second-order valence-corrected chi connectivity index (χ2v) is 8.08. The molecule has 0 atom stereocenters. The number of ether oxygens (including phenoxy) is 1. The summed E-state index contributed by atoms with van der Waals surface area (Å²) in [6, 6.07) is 0. The van der Waals surface area contributed by atoms with E-state index in [2.05, 4.69) is 41.2 Å². The van der Waals surface area contributed by atoms with Crippen molar-refractivity contribution in [1.29, 1.82) is 0 Å². The van der Waals surface area contributed by atoms with Crippen molar-refractivity contribution in [2.24, 2.45) is 10.8 Å². The Morgan fingerprint density at radius 2 is 1.39 bits per heavy atom. The van der Waals surface area contributed by atoms with E-state index in [9.17, 15) is 0 Å². The molecule has 1 N–H and O–H groups in total. The van der Waals surface area contributed by atoms with Gasteiger partial charge in [-0.05, 0) is 11.8 Å². The van der Waals surface area contributed by atoms with Crippen molar-refractivity contribution in [1.82, 2.24) is 0 Å². The molecule has 0 amide bonds. The highest BCUT2D eigenvalue weighted by Gasteiger charge is 2.39. The quantitative estimate of drug-likeness (QED) is 0.275. The summed E-state index contributed by atoms with van der Waals surface area (Å²) in [6.07, 6.45) is 12.8. The lowest BCUT2D eigenvalue weighted by molar-refractivity contribution is 0.0456. The lowest BCUT2D eigenvalue weighted by atomic mass is 9.64. The van der Waals surface area contributed by atoms with Crippen molar-refractivity contribution in [3.63, 3.8) is 0 Å². The molecule has 0 heterocycles. The summed E-state index contributed by atoms with van der Waals surface area (Å²) in [5.41, 5.74) is 0.120. The Morgan fingerprint density at radius 3 is 1.91 bits per heavy atom. The fourth-order valence-electron chi connectivity index (χ4n) is 2.83. The van der Waals surface area contributed by atoms with Gasteiger partial charge >= 0.3 is 0 Å². The average Bonchev–Trinajstić information content (AvgIpc) is 2.49. The molecular weight excluding hydrogens is 284 g/mol. The molecule has 0 spiro atoms. The van der Waals surface area contributed by atoms with E-state index in [4.69, 9.17) is 9.84 Å². The molecule has 138 valence electrons. The van der Waals surface area contributed by atoms with Crippen LogP contribution in [0.5, 0.6) is 0 Å². The zero-order chi connectivity index (χ0) is 17.8. The van der Waals surface area contributed by atoms with E-state index < -0.39 is 0 Å². The van der Waals surface area contributed by atoms with Crippen LogP contribution in [0.15, 0.2) is 12.3 Å². The Hall–Kier alpha value is -0.500. The van der Waals surface area contributed by atoms with Crippen molar-refractivity contribution < 1.29 is 9.84 Å². The SMILES string of the molecule is C=C(OCCCO)C(C)(C)C(C)(C)CCCCCCCCCC. The summed E-state index contributed by atoms with van der Waals surface area (Å²) < 4.78 is 5.76. The first kappa shape index (κ1) is 22.5. The number of unbranched alkanes of at least 4 members (excludes halogenated alkanes) is 7. The normalized spacial score (nSPS) is 12.4. The van der Waals surface area contributed by atoms with E-state index in [0.29, 0.717) is 13.0 Å². The van der Waals surface area contributed by atoms with Gasteiger partial charge in [0.1, 0.15) is 0 Å². The van der Waals surface area contributed by atoms with Crippen LogP contribution in [0.2, 0.25) is 0 Å². The van der Waals surface area contributed by atoms with Crippen molar-refractivity contribution in [2.75, 3.05) is 13.2 Å². The summed E-state index contributed by atoms with van der Waals surface area (Å²) in [7, 11) is 0. The third-order valence-electron chi connectivity index (χ3n) is 5.62. The van der Waals surface area contributed by atoms with Gasteiger partial charge in [0.25, 0.3) is 0 Å². The molecule has 0 saturated heterocycles. The largest absolute Gasteiger partial charge is 0.498 e. The van der Waals surface area contributed by atoms with Crippen molar-refractivity contribution in [3.8, 4) is 0 Å². The second-order valence-electron chi connectivity index (χ2n) is 8.08. The molecule has 0 aromatic rings. The maximum Gasteiger partial charge on any atom is 0.0949 e. The van der Waals surface area contributed by atoms with Crippen LogP contribution in [0.3, 0.4) is 0 Å². The van der Waals surface area contributed by atoms with Gasteiger partial charge in [0, 0.05) is 18.4 Å². The fourth-order valence-corrected chi connectivity index (χ4v) is 2.83. The number of aliphatic hydroxyl groups excluding tert-OH is 1. The molecule has 0 aromatic heterocycles. The Bertz CT molecular complexity index is 305. The van der Waals surface area contributed by atoms with E-state index in [1.165, 1.54) is 57.8 Å². The van der Waals surface area contributed by atoms with Crippen LogP contribution >= 0.6 is 0 Å². The lowest BCUT2D eigenvalue weighted by Gasteiger charge is -2.42. The van der Waals surface area contributed by atoms with Gasteiger partial charge in [0.05, 0.1) is 12.4 Å². The van der Waals surface area contributed by atoms with Crippen molar-refractivity contribution >= 4 is 0 Å². The van der Waals surface area contributed by atoms with Crippen LogP contribution in [-0.4, -0.2) is 18.3 Å². The second kappa shape index (κ2) is 11.9. The van der Waals surface area contributed by atoms with Crippen LogP contribution in [0.4, 0.5) is 0 Å². The Balaban J connectivity index is 4.05. The van der Waals surface area contributed by atoms with E-state index in [-0.39, 0.29) is 17.4 Å². The molecule has 0 fully saturated rings. The summed E-state index contributed by atoms with van der Waals surface area (Å²) in [5, 5.41) is 8.87. The van der Waals surface area contributed by atoms with Crippen molar-refractivity contribution in [3.05, 3.63) is 12.3 Å². The highest BCUT2D eigenvalue weighted by atomic mass is 16.5. The first-order chi connectivity index (χ1) is 10.8. The Kier molecular flexibility index (Phi) is 11.7. The third kappa shape index (κ3) is 8.79. The zero-order valence-corrected chi connectivity index (χ0v) is 16.5. The first-order valence-corrected chi connectivity index (χ1v) is 9.72. The number of allylic oxidation sites excluding steroid dienone is 1. The third-order valence-corrected chi connectivity index (χ3v) is 5.62. The van der Waals surface area contributed by atoms with Gasteiger partial charge in [-0.25, -0.2) is 0 Å². The molecule has 0 aliphatic rings. The fraction of sp³-hybridized carbons (Fsp3) is 0.905. The molecular formula is C21H42O2. The Morgan fingerprint density at radius 1 is 0.870 bits per heavy atom. The standard InChI is InChI=1S/C21H42O2/c1-7-8-9-10-11-12-13-14-16-20(3,4)21(5,6)19(2)23-18-15-17-22/h22H,2,7-18H2,1,3-6H3. The highest BCUT2D eigenvalue weighted by molar-refractivity contribution is 5.06. The average molecular weight is 327 g/mol. The number of hydrogen-bond acceptors (Lipinski definition) is 2. The van der Waals surface area contributed by atoms with Gasteiger partial charge in [-0.2, -0.15) is 0 Å². The lowest BCUT2D eigenvalue weighted by Crippen LogP contribution is -2.35. The number of hydrogen-bond donors (Lipinski definition) is 1. The van der Waals surface area contributed by atoms with Crippen molar-refractivity contribution in [2.45, 2.75) is 98.8 Å². The molecule has 0 bridgehead atoms. The van der Waals surface area contributed by atoms with Crippen LogP contribution in [0, 0.1) is 10.8 Å². The summed E-state index contributed by atoms with van der Waals surface area (Å²) in [5.74, 6) is 0.857. The molecule has 0 radical (unpaired) electrons. The molecule has 2 heteroatoms. The highest BCUT2D eigenvalue weighted by Crippen LogP contribution is 2.47. The first-order valence-electron chi connectivity index (χ1n) is 9.72. The smallest absolute Gasteiger partial charge is 0.0949 e. The monoisotopic (exact) mass is 326 g/mol. The molecule has 0 aliphatic heterocycles. The van der Waals surface area contributed by atoms with Gasteiger partial charge in [-0.15, -0.1) is 0 Å². The van der Waals surface area contributed by atoms with Gasteiger partial charge in [0.2, 0.25) is 0 Å². The van der Waals surface area contributed by atoms with E-state index >= 15 is 0 Å². The Labute approximate surface area is 145 Å². The summed E-state index contributed by atoms with van der Waals surface area (Å²) in [6.45, 7) is 16.3. The predicted octanol–water partition coefficient (Wildman–Crippen LogP) is 6.48. The molecule has 0 saturated carbocycles. The van der Waals surface area contributed by atoms with Crippen LogP contribution in [0.1, 0.15) is 98.8 Å². The van der Waals surface area contributed by atoms with Gasteiger partial charge < -0.3 is 9.84 Å². The molecule has 0 aromatic carbocycles. The minimum absolute atomic E-state index is 0.0520. The maximum atomic E-state index is 8.87. The number of rotatable bonds is 15. The minimum Gasteiger partial charge on any atom is -0.498 e. The van der Waals surface area contributed by atoms with E-state index in [0.717, 1.165) is 5.76 Å². The summed E-state index contributed by atoms with van der Waals surface area (Å²) in [4.78, 5) is 0. The molecule has 23 heavy (non-hydrogen) atoms. The topological polar surface area (TPSA) is 29.5 Å². The molecule has 0 rings (SSSR count). The molecule has 0 aliphatic carbocycles. The van der Waals surface area contributed by atoms with E-state index in [1.807, 2.05) is 0 Å². The van der Waals surface area contributed by atoms with Crippen LogP contribution in [-0.2, 0) is 4.74 Å². The zero-order valence-electron chi connectivity index (χ0n) is 16.5. The van der Waals surface area contributed by atoms with E-state index in [1.54, 1.807) is 0 Å². The predicted molar refractivity (Wildman–Crippen MR) is 102 cm³/mol. The molecule has 0 unspecified atom stereocenters.